The quantitative estimate of drug-likeness (QED) is 0.638. The van der Waals surface area contributed by atoms with Crippen LogP contribution in [-0.4, -0.2) is 26.8 Å². The van der Waals surface area contributed by atoms with Crippen molar-refractivity contribution in [2.75, 3.05) is 37.4 Å². The second-order valence-electron chi connectivity index (χ2n) is 5.28. The summed E-state index contributed by atoms with van der Waals surface area (Å²) in [4.78, 5) is 0. The molecule has 0 heterocycles. The molecule has 0 unspecified atom stereocenters. The molecule has 2 rings (SSSR count). The van der Waals surface area contributed by atoms with Gasteiger partial charge >= 0.3 is 0 Å². The number of benzene rings is 2. The van der Waals surface area contributed by atoms with Crippen LogP contribution in [0.15, 0.2) is 48.5 Å². The number of unbranched alkanes of at least 4 members (excludes halogenated alkanes) is 1. The smallest absolute Gasteiger partial charge is 0.142 e. The predicted octanol–water partition coefficient (Wildman–Crippen LogP) is 4.40. The van der Waals surface area contributed by atoms with Crippen molar-refractivity contribution in [1.82, 2.24) is 0 Å². The van der Waals surface area contributed by atoms with Crippen LogP contribution in [0.2, 0.25) is 0 Å². The third-order valence-electron chi connectivity index (χ3n) is 3.48. The van der Waals surface area contributed by atoms with Crippen molar-refractivity contribution >= 4 is 11.4 Å². The molecule has 0 aliphatic heterocycles. The van der Waals surface area contributed by atoms with E-state index in [4.69, 9.17) is 9.47 Å². The van der Waals surface area contributed by atoms with E-state index < -0.39 is 0 Å². The summed E-state index contributed by atoms with van der Waals surface area (Å²) < 4.78 is 11.0. The molecule has 0 radical (unpaired) electrons. The molecule has 0 bridgehead atoms. The van der Waals surface area contributed by atoms with E-state index >= 15 is 0 Å². The Balaban J connectivity index is 1.79. The van der Waals surface area contributed by atoms with Crippen molar-refractivity contribution in [2.24, 2.45) is 0 Å². The Morgan fingerprint density at radius 1 is 0.957 bits per heavy atom. The van der Waals surface area contributed by atoms with Crippen LogP contribution in [0.1, 0.15) is 19.8 Å². The van der Waals surface area contributed by atoms with Gasteiger partial charge in [0.25, 0.3) is 0 Å². The molecule has 124 valence electrons. The minimum atomic E-state index is 0.761. The fourth-order valence-electron chi connectivity index (χ4n) is 2.20. The van der Waals surface area contributed by atoms with Gasteiger partial charge in [-0.15, -0.1) is 0 Å². The van der Waals surface area contributed by atoms with Gasteiger partial charge in [0, 0.05) is 24.8 Å². The summed E-state index contributed by atoms with van der Waals surface area (Å²) in [5.74, 6) is 1.78. The standard InChI is InChI=1S/C19H26N2O2/c1-3-4-14-23-19-11-6-5-10-18(19)21-13-12-20-16-8-7-9-17(15-16)22-2/h5-11,15,20-21H,3-4,12-14H2,1-2H3. The highest BCUT2D eigenvalue weighted by molar-refractivity contribution is 5.56. The first-order valence-corrected chi connectivity index (χ1v) is 8.17. The van der Waals surface area contributed by atoms with Gasteiger partial charge in [-0.3, -0.25) is 0 Å². The van der Waals surface area contributed by atoms with Gasteiger partial charge < -0.3 is 20.1 Å². The van der Waals surface area contributed by atoms with E-state index in [2.05, 4.69) is 17.6 Å². The Bertz CT molecular complexity index is 587. The van der Waals surface area contributed by atoms with E-state index in [1.165, 1.54) is 0 Å². The van der Waals surface area contributed by atoms with E-state index in [1.54, 1.807) is 7.11 Å². The number of para-hydroxylation sites is 2. The van der Waals surface area contributed by atoms with Gasteiger partial charge in [-0.25, -0.2) is 0 Å². The molecule has 4 nitrogen and oxygen atoms in total. The summed E-state index contributed by atoms with van der Waals surface area (Å²) in [6.07, 6.45) is 2.21. The fourth-order valence-corrected chi connectivity index (χ4v) is 2.20. The van der Waals surface area contributed by atoms with Crippen molar-refractivity contribution in [3.05, 3.63) is 48.5 Å². The first-order chi connectivity index (χ1) is 11.3. The maximum atomic E-state index is 5.82. The highest BCUT2D eigenvalue weighted by Gasteiger charge is 2.02. The zero-order valence-electron chi connectivity index (χ0n) is 14.0. The summed E-state index contributed by atoms with van der Waals surface area (Å²) in [7, 11) is 1.68. The Morgan fingerprint density at radius 2 is 1.78 bits per heavy atom. The molecule has 0 fully saturated rings. The molecule has 23 heavy (non-hydrogen) atoms. The van der Waals surface area contributed by atoms with E-state index in [0.717, 1.165) is 55.4 Å². The van der Waals surface area contributed by atoms with Gasteiger partial charge in [-0.1, -0.05) is 31.5 Å². The lowest BCUT2D eigenvalue weighted by Crippen LogP contribution is -2.14. The lowest BCUT2D eigenvalue weighted by molar-refractivity contribution is 0.311. The number of ether oxygens (including phenoxy) is 2. The molecule has 0 saturated heterocycles. The maximum Gasteiger partial charge on any atom is 0.142 e. The van der Waals surface area contributed by atoms with Crippen molar-refractivity contribution in [3.63, 3.8) is 0 Å². The minimum absolute atomic E-state index is 0.761. The van der Waals surface area contributed by atoms with Crippen molar-refractivity contribution in [1.29, 1.82) is 0 Å². The van der Waals surface area contributed by atoms with Crippen LogP contribution in [0.5, 0.6) is 11.5 Å². The summed E-state index contributed by atoms with van der Waals surface area (Å²) in [6.45, 7) is 4.55. The Labute approximate surface area is 138 Å². The van der Waals surface area contributed by atoms with Crippen LogP contribution < -0.4 is 20.1 Å². The molecule has 2 aromatic carbocycles. The normalized spacial score (nSPS) is 10.2. The Hall–Kier alpha value is -2.36. The van der Waals surface area contributed by atoms with Crippen LogP contribution in [0.3, 0.4) is 0 Å². The lowest BCUT2D eigenvalue weighted by atomic mass is 10.3. The molecule has 0 aromatic heterocycles. The van der Waals surface area contributed by atoms with Gasteiger partial charge in [0.15, 0.2) is 0 Å². The number of methoxy groups -OCH3 is 1. The first-order valence-electron chi connectivity index (χ1n) is 8.17. The second-order valence-corrected chi connectivity index (χ2v) is 5.28. The van der Waals surface area contributed by atoms with E-state index in [0.29, 0.717) is 0 Å². The molecule has 0 aliphatic rings. The summed E-state index contributed by atoms with van der Waals surface area (Å²) in [5.41, 5.74) is 2.09. The maximum absolute atomic E-state index is 5.82. The van der Waals surface area contributed by atoms with Crippen LogP contribution >= 0.6 is 0 Å². The van der Waals surface area contributed by atoms with Gasteiger partial charge in [0.2, 0.25) is 0 Å². The Kier molecular flexibility index (Phi) is 7.11. The zero-order chi connectivity index (χ0) is 16.3. The largest absolute Gasteiger partial charge is 0.497 e. The summed E-state index contributed by atoms with van der Waals surface area (Å²) >= 11 is 0. The molecule has 0 spiro atoms. The molecule has 0 aliphatic carbocycles. The van der Waals surface area contributed by atoms with E-state index in [-0.39, 0.29) is 0 Å². The summed E-state index contributed by atoms with van der Waals surface area (Å²) in [5, 5.41) is 6.80. The van der Waals surface area contributed by atoms with Crippen molar-refractivity contribution in [2.45, 2.75) is 19.8 Å². The predicted molar refractivity (Wildman–Crippen MR) is 96.8 cm³/mol. The molecule has 0 atom stereocenters. The van der Waals surface area contributed by atoms with Crippen LogP contribution in [0, 0.1) is 0 Å². The number of rotatable bonds is 10. The number of hydrogen-bond donors (Lipinski definition) is 2. The monoisotopic (exact) mass is 314 g/mol. The highest BCUT2D eigenvalue weighted by atomic mass is 16.5. The summed E-state index contributed by atoms with van der Waals surface area (Å²) in [6, 6.07) is 16.0. The van der Waals surface area contributed by atoms with Crippen LogP contribution in [0.25, 0.3) is 0 Å². The fraction of sp³-hybridized carbons (Fsp3) is 0.368. The van der Waals surface area contributed by atoms with Gasteiger partial charge in [0.05, 0.1) is 19.4 Å². The van der Waals surface area contributed by atoms with E-state index in [9.17, 15) is 0 Å². The molecule has 4 heteroatoms. The SMILES string of the molecule is CCCCOc1ccccc1NCCNc1cccc(OC)c1. The molecule has 2 aromatic rings. The van der Waals surface area contributed by atoms with Crippen molar-refractivity contribution < 1.29 is 9.47 Å². The zero-order valence-corrected chi connectivity index (χ0v) is 14.0. The molecule has 0 amide bonds. The average Bonchev–Trinajstić information content (AvgIpc) is 2.60. The second kappa shape index (κ2) is 9.62. The first kappa shape index (κ1) is 17.0. The van der Waals surface area contributed by atoms with Crippen LogP contribution in [0.4, 0.5) is 11.4 Å². The number of hydrogen-bond acceptors (Lipinski definition) is 4. The molecule has 0 saturated carbocycles. The number of nitrogens with one attached hydrogen (secondary N) is 2. The van der Waals surface area contributed by atoms with Crippen molar-refractivity contribution in [3.8, 4) is 11.5 Å². The molecular weight excluding hydrogens is 288 g/mol. The third kappa shape index (κ3) is 5.74. The highest BCUT2D eigenvalue weighted by Crippen LogP contribution is 2.23. The lowest BCUT2D eigenvalue weighted by Gasteiger charge is -2.14. The third-order valence-corrected chi connectivity index (χ3v) is 3.48. The van der Waals surface area contributed by atoms with Crippen LogP contribution in [-0.2, 0) is 0 Å². The van der Waals surface area contributed by atoms with Gasteiger partial charge in [0.1, 0.15) is 11.5 Å². The average molecular weight is 314 g/mol. The molecule has 2 N–H and O–H groups in total. The molecular formula is C19H26N2O2. The minimum Gasteiger partial charge on any atom is -0.497 e. The topological polar surface area (TPSA) is 42.5 Å². The van der Waals surface area contributed by atoms with Gasteiger partial charge in [-0.05, 0) is 30.7 Å². The van der Waals surface area contributed by atoms with E-state index in [1.807, 2.05) is 48.5 Å². The number of anilines is 2. The van der Waals surface area contributed by atoms with Gasteiger partial charge in [-0.2, -0.15) is 0 Å². The Morgan fingerprint density at radius 3 is 2.61 bits per heavy atom.